The fraction of sp³-hybridized carbons (Fsp3) is 0.320. The Bertz CT molecular complexity index is 1230. The second-order valence-electron chi connectivity index (χ2n) is 7.95. The van der Waals surface area contributed by atoms with Gasteiger partial charge in [-0.05, 0) is 24.1 Å². The second kappa shape index (κ2) is 10.4. The molecule has 0 spiro atoms. The molecule has 0 radical (unpaired) electrons. The van der Waals surface area contributed by atoms with Gasteiger partial charge in [-0.25, -0.2) is 0 Å². The van der Waals surface area contributed by atoms with Gasteiger partial charge in [0.2, 0.25) is 5.91 Å². The molecule has 33 heavy (non-hydrogen) atoms. The van der Waals surface area contributed by atoms with Gasteiger partial charge in [0, 0.05) is 35.7 Å². The molecule has 0 saturated carbocycles. The summed E-state index contributed by atoms with van der Waals surface area (Å²) in [7, 11) is 1.81. The quantitative estimate of drug-likeness (QED) is 0.264. The number of rotatable bonds is 8. The molecule has 6 nitrogen and oxygen atoms in total. The van der Waals surface area contributed by atoms with Gasteiger partial charge < -0.3 is 14.6 Å². The van der Waals surface area contributed by atoms with Gasteiger partial charge in [-0.3, -0.25) is 9.59 Å². The van der Waals surface area contributed by atoms with E-state index < -0.39 is 5.92 Å². The number of anilines is 1. The maximum absolute atomic E-state index is 13.2. The number of carbonyl (C=O) groups excluding carboxylic acids is 1. The van der Waals surface area contributed by atoms with Crippen LogP contribution in [0.3, 0.4) is 0 Å². The Morgan fingerprint density at radius 1 is 1.18 bits per heavy atom. The lowest BCUT2D eigenvalue weighted by atomic mass is 9.86. The number of halogens is 1. The number of amides is 1. The number of nitrogens with one attached hydrogen (secondary N) is 1. The Hall–Kier alpha value is -2.77. The van der Waals surface area contributed by atoms with Gasteiger partial charge in [-0.15, -0.1) is 0 Å². The van der Waals surface area contributed by atoms with Crippen LogP contribution in [0.4, 0.5) is 5.82 Å². The summed E-state index contributed by atoms with van der Waals surface area (Å²) < 4.78 is 7.78. The van der Waals surface area contributed by atoms with Gasteiger partial charge in [-0.2, -0.15) is 4.98 Å². The summed E-state index contributed by atoms with van der Waals surface area (Å²) >= 11 is 7.68. The van der Waals surface area contributed by atoms with Crippen molar-refractivity contribution in [1.29, 1.82) is 0 Å². The molecule has 1 aromatic heterocycles. The molecular formula is C25H26ClN3O3S. The topological polar surface area (TPSA) is 73.2 Å². The molecule has 172 valence electrons. The fourth-order valence-corrected chi connectivity index (χ4v) is 5.16. The molecule has 1 aliphatic heterocycles. The lowest BCUT2D eigenvalue weighted by molar-refractivity contribution is -0.116. The first-order valence-corrected chi connectivity index (χ1v) is 12.3. The number of hydrogen-bond acceptors (Lipinski definition) is 5. The Kier molecular flexibility index (Phi) is 7.40. The zero-order valence-corrected chi connectivity index (χ0v) is 20.2. The molecule has 1 N–H and O–H groups in total. The van der Waals surface area contributed by atoms with Gasteiger partial charge in [0.25, 0.3) is 5.56 Å². The number of nitrogens with zero attached hydrogens (tertiary/aromatic N) is 2. The van der Waals surface area contributed by atoms with Gasteiger partial charge in [0.05, 0.1) is 12.2 Å². The van der Waals surface area contributed by atoms with Crippen molar-refractivity contribution in [3.8, 4) is 5.75 Å². The average Bonchev–Trinajstić information content (AvgIpc) is 2.81. The number of para-hydroxylation sites is 1. The summed E-state index contributed by atoms with van der Waals surface area (Å²) in [6.07, 6.45) is 2.13. The van der Waals surface area contributed by atoms with Crippen LogP contribution < -0.4 is 15.6 Å². The molecule has 8 heteroatoms. The molecule has 0 fully saturated rings. The highest BCUT2D eigenvalue weighted by Gasteiger charge is 2.33. The van der Waals surface area contributed by atoms with Gasteiger partial charge in [0.1, 0.15) is 11.6 Å². The minimum absolute atomic E-state index is 0.140. The van der Waals surface area contributed by atoms with E-state index in [-0.39, 0.29) is 17.9 Å². The normalized spacial score (nSPS) is 15.1. The summed E-state index contributed by atoms with van der Waals surface area (Å²) in [5.74, 6) is 1.20. The van der Waals surface area contributed by atoms with E-state index in [1.54, 1.807) is 4.57 Å². The highest BCUT2D eigenvalue weighted by Crippen LogP contribution is 2.39. The molecule has 2 heterocycles. The molecule has 1 aliphatic rings. The zero-order valence-electron chi connectivity index (χ0n) is 18.6. The number of fused-ring (bicyclic) bond motifs is 1. The van der Waals surface area contributed by atoms with Crippen molar-refractivity contribution in [2.24, 2.45) is 7.05 Å². The predicted octanol–water partition coefficient (Wildman–Crippen LogP) is 5.38. The molecule has 0 saturated heterocycles. The number of aromatic nitrogens is 2. The summed E-state index contributed by atoms with van der Waals surface area (Å²) in [6.45, 7) is 2.70. The number of carbonyl (C=O) groups is 1. The molecule has 0 unspecified atom stereocenters. The Labute approximate surface area is 202 Å². The van der Waals surface area contributed by atoms with Crippen LogP contribution in [0.5, 0.6) is 5.75 Å². The van der Waals surface area contributed by atoms with Crippen molar-refractivity contribution in [1.82, 2.24) is 9.55 Å². The van der Waals surface area contributed by atoms with Crippen molar-refractivity contribution < 1.29 is 9.53 Å². The smallest absolute Gasteiger partial charge is 0.279 e. The summed E-state index contributed by atoms with van der Waals surface area (Å²) in [5.41, 5.74) is 1.94. The van der Waals surface area contributed by atoms with Gasteiger partial charge in [-0.1, -0.05) is 73.1 Å². The number of thioether (sulfide) groups is 1. The van der Waals surface area contributed by atoms with E-state index in [4.69, 9.17) is 16.3 Å². The minimum atomic E-state index is -0.416. The first kappa shape index (κ1) is 23.4. The summed E-state index contributed by atoms with van der Waals surface area (Å²) in [6, 6.07) is 15.2. The van der Waals surface area contributed by atoms with Crippen LogP contribution >= 0.6 is 23.4 Å². The van der Waals surface area contributed by atoms with Crippen LogP contribution in [0.15, 0.2) is 58.5 Å². The van der Waals surface area contributed by atoms with E-state index in [0.717, 1.165) is 24.0 Å². The van der Waals surface area contributed by atoms with E-state index in [1.165, 1.54) is 11.8 Å². The Balaban J connectivity index is 1.70. The summed E-state index contributed by atoms with van der Waals surface area (Å²) in [4.78, 5) is 30.3. The standard InChI is InChI=1S/C25H26ClN3O3S/c1-3-4-13-32-20-12-8-6-10-17(20)18-14-21(30)27-23-22(18)24(31)28-25(29(23)2)33-15-16-9-5-7-11-19(16)26/h5-12,18H,3-4,13-15H2,1-2H3,(H,27,30)/t18-/m1/s1. The van der Waals surface area contributed by atoms with E-state index in [1.807, 2.05) is 55.6 Å². The predicted molar refractivity (Wildman–Crippen MR) is 132 cm³/mol. The maximum atomic E-state index is 13.2. The molecule has 0 aliphatic carbocycles. The maximum Gasteiger partial charge on any atom is 0.279 e. The molecular weight excluding hydrogens is 458 g/mol. The highest BCUT2D eigenvalue weighted by molar-refractivity contribution is 7.98. The SMILES string of the molecule is CCCCOc1ccccc1[C@H]1CC(=O)Nc2c1c(=O)nc(SCc1ccccc1Cl)n2C. The van der Waals surface area contributed by atoms with E-state index >= 15 is 0 Å². The Morgan fingerprint density at radius 2 is 1.94 bits per heavy atom. The third-order valence-corrected chi connectivity index (χ3v) is 7.11. The van der Waals surface area contributed by atoms with Crippen LogP contribution in [-0.4, -0.2) is 22.1 Å². The third-order valence-electron chi connectivity index (χ3n) is 5.67. The van der Waals surface area contributed by atoms with E-state index in [2.05, 4.69) is 17.2 Å². The van der Waals surface area contributed by atoms with E-state index in [0.29, 0.717) is 39.7 Å². The number of benzene rings is 2. The first-order valence-electron chi connectivity index (χ1n) is 11.0. The lowest BCUT2D eigenvalue weighted by Gasteiger charge is -2.28. The Morgan fingerprint density at radius 3 is 2.73 bits per heavy atom. The van der Waals surface area contributed by atoms with Crippen molar-refractivity contribution >= 4 is 35.1 Å². The minimum Gasteiger partial charge on any atom is -0.493 e. The molecule has 0 bridgehead atoms. The number of ether oxygens (including phenoxy) is 1. The van der Waals surface area contributed by atoms with E-state index in [9.17, 15) is 9.59 Å². The highest BCUT2D eigenvalue weighted by atomic mass is 35.5. The molecule has 1 amide bonds. The largest absolute Gasteiger partial charge is 0.493 e. The van der Waals surface area contributed by atoms with Gasteiger partial charge >= 0.3 is 0 Å². The van der Waals surface area contributed by atoms with Gasteiger partial charge in [0.15, 0.2) is 5.16 Å². The molecule has 1 atom stereocenters. The molecule has 4 rings (SSSR count). The number of unbranched alkanes of at least 4 members (excludes halogenated alkanes) is 1. The fourth-order valence-electron chi connectivity index (χ4n) is 3.91. The summed E-state index contributed by atoms with van der Waals surface area (Å²) in [5, 5.41) is 4.08. The van der Waals surface area contributed by atoms with Crippen molar-refractivity contribution in [3.63, 3.8) is 0 Å². The van der Waals surface area contributed by atoms with Crippen LogP contribution in [-0.2, 0) is 17.6 Å². The average molecular weight is 484 g/mol. The zero-order chi connectivity index (χ0) is 23.4. The van der Waals surface area contributed by atoms with Crippen molar-refractivity contribution in [2.45, 2.75) is 43.0 Å². The number of hydrogen-bond donors (Lipinski definition) is 1. The van der Waals surface area contributed by atoms with Crippen LogP contribution in [0.2, 0.25) is 5.02 Å². The van der Waals surface area contributed by atoms with Crippen LogP contribution in [0.1, 0.15) is 48.8 Å². The third kappa shape index (κ3) is 5.09. The monoisotopic (exact) mass is 483 g/mol. The van der Waals surface area contributed by atoms with Crippen molar-refractivity contribution in [3.05, 3.63) is 80.6 Å². The second-order valence-corrected chi connectivity index (χ2v) is 9.30. The first-order chi connectivity index (χ1) is 16.0. The molecule has 2 aromatic carbocycles. The van der Waals surface area contributed by atoms with Crippen LogP contribution in [0.25, 0.3) is 0 Å². The van der Waals surface area contributed by atoms with Crippen LogP contribution in [0, 0.1) is 0 Å². The lowest BCUT2D eigenvalue weighted by Crippen LogP contribution is -2.33. The van der Waals surface area contributed by atoms with Crippen molar-refractivity contribution in [2.75, 3.05) is 11.9 Å². The molecule has 3 aromatic rings.